The number of aryl methyl sites for hydroxylation is 1. The van der Waals surface area contributed by atoms with E-state index in [1.807, 2.05) is 0 Å². The van der Waals surface area contributed by atoms with Gasteiger partial charge in [-0.25, -0.2) is 16.8 Å². The van der Waals surface area contributed by atoms with Crippen molar-refractivity contribution in [2.24, 2.45) is 0 Å². The second-order valence-electron chi connectivity index (χ2n) is 6.23. The molecule has 0 bridgehead atoms. The Hall–Kier alpha value is -3.04. The first kappa shape index (κ1) is 20.7. The van der Waals surface area contributed by atoms with Gasteiger partial charge in [0.05, 0.1) is 16.9 Å². The molecule has 29 heavy (non-hydrogen) atoms. The van der Waals surface area contributed by atoms with E-state index in [-0.39, 0.29) is 15.5 Å². The number of hydrogen-bond donors (Lipinski definition) is 2. The Kier molecular flexibility index (Phi) is 5.81. The number of methoxy groups -OCH3 is 1. The molecular weight excluding hydrogens is 412 g/mol. The molecule has 0 radical (unpaired) electrons. The summed E-state index contributed by atoms with van der Waals surface area (Å²) in [5.74, 6) is 0.587. The van der Waals surface area contributed by atoms with E-state index in [2.05, 4.69) is 9.44 Å². The zero-order valence-corrected chi connectivity index (χ0v) is 17.4. The summed E-state index contributed by atoms with van der Waals surface area (Å²) in [6.45, 7) is 1.75. The fourth-order valence-electron chi connectivity index (χ4n) is 2.65. The van der Waals surface area contributed by atoms with E-state index in [9.17, 15) is 16.8 Å². The van der Waals surface area contributed by atoms with Crippen LogP contribution in [0, 0.1) is 6.92 Å². The van der Waals surface area contributed by atoms with Crippen LogP contribution in [-0.2, 0) is 20.0 Å². The van der Waals surface area contributed by atoms with Crippen LogP contribution in [0.15, 0.2) is 82.6 Å². The van der Waals surface area contributed by atoms with Crippen LogP contribution in [0.3, 0.4) is 0 Å². The molecule has 0 heterocycles. The highest BCUT2D eigenvalue weighted by atomic mass is 32.2. The van der Waals surface area contributed by atoms with Crippen LogP contribution in [0.1, 0.15) is 5.56 Å². The SMILES string of the molecule is COc1ccc(S(=O)(=O)Nc2ccc(S(=O)(=O)Nc3ccccc3)cc2)cc1C. The summed E-state index contributed by atoms with van der Waals surface area (Å²) in [5.41, 5.74) is 1.37. The fraction of sp³-hybridized carbons (Fsp3) is 0.100. The first-order valence-corrected chi connectivity index (χ1v) is 11.5. The van der Waals surface area contributed by atoms with E-state index in [4.69, 9.17) is 4.74 Å². The maximum Gasteiger partial charge on any atom is 0.261 e. The highest BCUT2D eigenvalue weighted by Gasteiger charge is 2.17. The summed E-state index contributed by atoms with van der Waals surface area (Å²) in [6, 6.07) is 18.5. The zero-order chi connectivity index (χ0) is 21.1. The van der Waals surface area contributed by atoms with Crippen molar-refractivity contribution in [1.29, 1.82) is 0 Å². The molecule has 152 valence electrons. The second kappa shape index (κ2) is 8.14. The quantitative estimate of drug-likeness (QED) is 0.594. The minimum Gasteiger partial charge on any atom is -0.496 e. The van der Waals surface area contributed by atoms with Gasteiger partial charge in [-0.15, -0.1) is 0 Å². The average Bonchev–Trinajstić information content (AvgIpc) is 2.68. The lowest BCUT2D eigenvalue weighted by Gasteiger charge is -2.12. The molecule has 2 N–H and O–H groups in total. The Balaban J connectivity index is 1.79. The predicted molar refractivity (Wildman–Crippen MR) is 112 cm³/mol. The number of sulfonamides is 2. The van der Waals surface area contributed by atoms with E-state index in [0.29, 0.717) is 17.0 Å². The van der Waals surface area contributed by atoms with Gasteiger partial charge in [-0.1, -0.05) is 18.2 Å². The third-order valence-corrected chi connectivity index (χ3v) is 6.90. The Bertz CT molecular complexity index is 1210. The lowest BCUT2D eigenvalue weighted by atomic mass is 10.2. The maximum atomic E-state index is 12.6. The van der Waals surface area contributed by atoms with Gasteiger partial charge >= 0.3 is 0 Å². The number of ether oxygens (including phenoxy) is 1. The van der Waals surface area contributed by atoms with E-state index in [1.165, 1.54) is 43.5 Å². The maximum absolute atomic E-state index is 12.6. The second-order valence-corrected chi connectivity index (χ2v) is 9.60. The third kappa shape index (κ3) is 4.87. The number of para-hydroxylation sites is 1. The average molecular weight is 433 g/mol. The molecule has 0 spiro atoms. The van der Waals surface area contributed by atoms with Crippen molar-refractivity contribution in [3.63, 3.8) is 0 Å². The van der Waals surface area contributed by atoms with Gasteiger partial charge in [0.1, 0.15) is 5.75 Å². The molecule has 0 aliphatic carbocycles. The van der Waals surface area contributed by atoms with E-state index in [0.717, 1.165) is 0 Å². The van der Waals surface area contributed by atoms with Crippen molar-refractivity contribution in [2.75, 3.05) is 16.6 Å². The number of rotatable bonds is 7. The molecule has 0 amide bonds. The van der Waals surface area contributed by atoms with Gasteiger partial charge in [0.25, 0.3) is 20.0 Å². The van der Waals surface area contributed by atoms with Crippen molar-refractivity contribution in [1.82, 2.24) is 0 Å². The van der Waals surface area contributed by atoms with Gasteiger partial charge in [-0.05, 0) is 67.1 Å². The van der Waals surface area contributed by atoms with E-state index < -0.39 is 20.0 Å². The number of benzene rings is 3. The molecule has 3 aromatic rings. The number of anilines is 2. The number of nitrogens with one attached hydrogen (secondary N) is 2. The summed E-state index contributed by atoms with van der Waals surface area (Å²) < 4.78 is 60.2. The van der Waals surface area contributed by atoms with Crippen molar-refractivity contribution >= 4 is 31.4 Å². The summed E-state index contributed by atoms with van der Waals surface area (Å²) in [6.07, 6.45) is 0. The van der Waals surface area contributed by atoms with Gasteiger partial charge in [-0.3, -0.25) is 9.44 Å². The minimum atomic E-state index is -3.83. The van der Waals surface area contributed by atoms with E-state index >= 15 is 0 Å². The smallest absolute Gasteiger partial charge is 0.261 e. The summed E-state index contributed by atoms with van der Waals surface area (Å²) in [4.78, 5) is 0.0998. The van der Waals surface area contributed by atoms with Crippen molar-refractivity contribution < 1.29 is 21.6 Å². The summed E-state index contributed by atoms with van der Waals surface area (Å²) >= 11 is 0. The molecule has 0 atom stereocenters. The number of hydrogen-bond acceptors (Lipinski definition) is 5. The molecule has 0 aliphatic heterocycles. The highest BCUT2D eigenvalue weighted by molar-refractivity contribution is 7.93. The Labute approximate surface area is 170 Å². The molecule has 0 fully saturated rings. The van der Waals surface area contributed by atoms with Crippen molar-refractivity contribution in [3.05, 3.63) is 78.4 Å². The molecule has 9 heteroatoms. The van der Waals surface area contributed by atoms with Crippen LogP contribution in [0.25, 0.3) is 0 Å². The Morgan fingerprint density at radius 2 is 1.21 bits per heavy atom. The predicted octanol–water partition coefficient (Wildman–Crippen LogP) is 3.61. The van der Waals surface area contributed by atoms with Crippen LogP contribution in [0.4, 0.5) is 11.4 Å². The molecule has 3 aromatic carbocycles. The normalized spacial score (nSPS) is 11.7. The third-order valence-electron chi connectivity index (χ3n) is 4.12. The van der Waals surface area contributed by atoms with Crippen molar-refractivity contribution in [3.8, 4) is 5.75 Å². The summed E-state index contributed by atoms with van der Waals surface area (Å²) in [5, 5.41) is 0. The molecular formula is C20H20N2O5S2. The molecule has 0 saturated carbocycles. The van der Waals surface area contributed by atoms with Gasteiger partial charge < -0.3 is 4.74 Å². The van der Waals surface area contributed by atoms with Crippen LogP contribution < -0.4 is 14.2 Å². The van der Waals surface area contributed by atoms with Crippen LogP contribution in [0.2, 0.25) is 0 Å². The molecule has 0 aromatic heterocycles. The topological polar surface area (TPSA) is 102 Å². The molecule has 0 aliphatic rings. The van der Waals surface area contributed by atoms with Gasteiger partial charge in [0.2, 0.25) is 0 Å². The molecule has 3 rings (SSSR count). The van der Waals surface area contributed by atoms with Gasteiger partial charge in [0, 0.05) is 11.4 Å². The van der Waals surface area contributed by atoms with Gasteiger partial charge in [0.15, 0.2) is 0 Å². The zero-order valence-electron chi connectivity index (χ0n) is 15.8. The molecule has 7 nitrogen and oxygen atoms in total. The highest BCUT2D eigenvalue weighted by Crippen LogP contribution is 2.24. The fourth-order valence-corrected chi connectivity index (χ4v) is 4.86. The van der Waals surface area contributed by atoms with Crippen LogP contribution in [-0.4, -0.2) is 23.9 Å². The first-order chi connectivity index (χ1) is 13.7. The molecule has 0 saturated heterocycles. The van der Waals surface area contributed by atoms with Crippen LogP contribution in [0.5, 0.6) is 5.75 Å². The Morgan fingerprint density at radius 1 is 0.690 bits per heavy atom. The first-order valence-electron chi connectivity index (χ1n) is 8.57. The van der Waals surface area contributed by atoms with E-state index in [1.54, 1.807) is 43.3 Å². The monoisotopic (exact) mass is 432 g/mol. The lowest BCUT2D eigenvalue weighted by Crippen LogP contribution is -2.14. The minimum absolute atomic E-state index is 0.0181. The largest absolute Gasteiger partial charge is 0.496 e. The molecule has 0 unspecified atom stereocenters. The summed E-state index contributed by atoms with van der Waals surface area (Å²) in [7, 11) is -6.10. The standard InChI is InChI=1S/C20H20N2O5S2/c1-15-14-19(12-13-20(15)27-2)29(25,26)22-17-8-10-18(11-9-17)28(23,24)21-16-6-4-3-5-7-16/h3-14,21-22H,1-2H3. The lowest BCUT2D eigenvalue weighted by molar-refractivity contribution is 0.411. The van der Waals surface area contributed by atoms with Crippen LogP contribution >= 0.6 is 0 Å². The Morgan fingerprint density at radius 3 is 1.76 bits per heavy atom. The van der Waals surface area contributed by atoms with Gasteiger partial charge in [-0.2, -0.15) is 0 Å². The van der Waals surface area contributed by atoms with Crippen molar-refractivity contribution in [2.45, 2.75) is 16.7 Å².